The number of hydrogen-bond donors (Lipinski definition) is 0. The van der Waals surface area contributed by atoms with Crippen LogP contribution in [0.3, 0.4) is 0 Å². The standard InChI is InChI=1S/C15H17N2/c1-15(2,3)13-4-6-14(7-5-13)17-9-8-12(10-16)11-17/h4-11H,1-3H3. The third-order valence-corrected chi connectivity index (χ3v) is 2.90. The molecule has 0 saturated carbocycles. The average molecular weight is 225 g/mol. The predicted molar refractivity (Wildman–Crippen MR) is 71.8 cm³/mol. The quantitative estimate of drug-likeness (QED) is 0.703. The van der Waals surface area contributed by atoms with Gasteiger partial charge in [-0.15, -0.1) is 0 Å². The molecule has 17 heavy (non-hydrogen) atoms. The number of nitrogens with zero attached hydrogens (tertiary/aromatic N) is 2. The molecule has 0 unspecified atom stereocenters. The van der Waals surface area contributed by atoms with Gasteiger partial charge in [-0.1, -0.05) is 32.9 Å². The first-order chi connectivity index (χ1) is 8.00. The maximum atomic E-state index is 8.91. The summed E-state index contributed by atoms with van der Waals surface area (Å²) in [5, 5.41) is 8.91. The van der Waals surface area contributed by atoms with Crippen LogP contribution < -0.4 is 5.41 Å². The second-order valence-electron chi connectivity index (χ2n) is 5.28. The summed E-state index contributed by atoms with van der Waals surface area (Å²) in [4.78, 5) is 0. The van der Waals surface area contributed by atoms with Crippen molar-refractivity contribution < 1.29 is 0 Å². The molecule has 2 aromatic rings. The zero-order valence-electron chi connectivity index (χ0n) is 10.5. The first-order valence-electron chi connectivity index (χ1n) is 5.77. The third kappa shape index (κ3) is 2.47. The van der Waals surface area contributed by atoms with Gasteiger partial charge in [0.15, 0.2) is 0 Å². The molecule has 0 amide bonds. The minimum atomic E-state index is 0.180. The van der Waals surface area contributed by atoms with Crippen molar-refractivity contribution in [1.29, 1.82) is 0 Å². The zero-order valence-corrected chi connectivity index (χ0v) is 10.5. The van der Waals surface area contributed by atoms with E-state index in [4.69, 9.17) is 5.41 Å². The SMILES string of the molecule is CC(C)(C)c1ccc(-n2ccc(C=[N])c2)cc1. The van der Waals surface area contributed by atoms with Crippen LogP contribution in [0.1, 0.15) is 31.9 Å². The fraction of sp³-hybridized carbons (Fsp3) is 0.267. The number of aromatic nitrogens is 1. The highest BCUT2D eigenvalue weighted by molar-refractivity contribution is 5.77. The van der Waals surface area contributed by atoms with Gasteiger partial charge in [0.05, 0.1) is 6.21 Å². The van der Waals surface area contributed by atoms with Gasteiger partial charge in [0.25, 0.3) is 0 Å². The van der Waals surface area contributed by atoms with Crippen LogP contribution in [-0.2, 0) is 5.41 Å². The highest BCUT2D eigenvalue weighted by Gasteiger charge is 2.12. The molecule has 0 saturated heterocycles. The second-order valence-corrected chi connectivity index (χ2v) is 5.28. The Morgan fingerprint density at radius 2 is 1.71 bits per heavy atom. The van der Waals surface area contributed by atoms with Gasteiger partial charge in [-0.3, -0.25) is 0 Å². The van der Waals surface area contributed by atoms with Crippen LogP contribution >= 0.6 is 0 Å². The fourth-order valence-electron chi connectivity index (χ4n) is 1.78. The molecule has 87 valence electrons. The number of rotatable bonds is 2. The van der Waals surface area contributed by atoms with Gasteiger partial charge < -0.3 is 4.57 Å². The van der Waals surface area contributed by atoms with Gasteiger partial charge in [-0.05, 0) is 29.2 Å². The highest BCUT2D eigenvalue weighted by atomic mass is 14.9. The van der Waals surface area contributed by atoms with E-state index in [1.165, 1.54) is 5.56 Å². The van der Waals surface area contributed by atoms with Crippen molar-refractivity contribution in [3.63, 3.8) is 0 Å². The molecular weight excluding hydrogens is 208 g/mol. The second kappa shape index (κ2) is 4.21. The van der Waals surface area contributed by atoms with Crippen LogP contribution in [0.25, 0.3) is 5.69 Å². The topological polar surface area (TPSA) is 27.2 Å². The minimum absolute atomic E-state index is 0.180. The largest absolute Gasteiger partial charge is 0.323 e. The van der Waals surface area contributed by atoms with E-state index in [0.717, 1.165) is 17.5 Å². The van der Waals surface area contributed by atoms with Crippen LogP contribution in [0.4, 0.5) is 0 Å². The molecule has 2 heteroatoms. The van der Waals surface area contributed by atoms with E-state index < -0.39 is 0 Å². The van der Waals surface area contributed by atoms with Gasteiger partial charge in [0, 0.05) is 23.6 Å². The molecular formula is C15H17N2. The van der Waals surface area contributed by atoms with Crippen molar-refractivity contribution in [2.24, 2.45) is 0 Å². The van der Waals surface area contributed by atoms with Gasteiger partial charge in [-0.25, -0.2) is 0 Å². The summed E-state index contributed by atoms with van der Waals surface area (Å²) in [6.07, 6.45) is 4.94. The summed E-state index contributed by atoms with van der Waals surface area (Å²) in [6.45, 7) is 6.61. The Bertz CT molecular complexity index is 513. The molecule has 1 aromatic carbocycles. The lowest BCUT2D eigenvalue weighted by molar-refractivity contribution is 0.590. The molecule has 0 atom stereocenters. The number of benzene rings is 1. The smallest absolute Gasteiger partial charge is 0.0583 e. The normalized spacial score (nSPS) is 11.5. The molecule has 2 rings (SSSR count). The molecule has 1 radical (unpaired) electrons. The molecule has 0 N–H and O–H groups in total. The molecule has 0 aliphatic carbocycles. The molecule has 0 aliphatic rings. The molecule has 0 fully saturated rings. The Hall–Kier alpha value is -1.83. The highest BCUT2D eigenvalue weighted by Crippen LogP contribution is 2.23. The van der Waals surface area contributed by atoms with E-state index >= 15 is 0 Å². The van der Waals surface area contributed by atoms with E-state index in [1.807, 2.05) is 23.0 Å². The first kappa shape index (κ1) is 11.6. The molecule has 2 nitrogen and oxygen atoms in total. The van der Waals surface area contributed by atoms with E-state index in [1.54, 1.807) is 0 Å². The van der Waals surface area contributed by atoms with Gasteiger partial charge in [0.2, 0.25) is 0 Å². The van der Waals surface area contributed by atoms with Crippen molar-refractivity contribution in [1.82, 2.24) is 9.98 Å². The zero-order chi connectivity index (χ0) is 12.5. The van der Waals surface area contributed by atoms with Crippen molar-refractivity contribution in [3.05, 3.63) is 53.9 Å². The van der Waals surface area contributed by atoms with Crippen LogP contribution in [0.5, 0.6) is 0 Å². The van der Waals surface area contributed by atoms with Crippen molar-refractivity contribution in [2.75, 3.05) is 0 Å². The summed E-state index contributed by atoms with van der Waals surface area (Å²) < 4.78 is 1.99. The van der Waals surface area contributed by atoms with E-state index in [2.05, 4.69) is 45.0 Å². The minimum Gasteiger partial charge on any atom is -0.323 e. The Balaban J connectivity index is 2.32. The van der Waals surface area contributed by atoms with Crippen LogP contribution in [0.15, 0.2) is 42.7 Å². The Kier molecular flexibility index (Phi) is 2.88. The lowest BCUT2D eigenvalue weighted by Gasteiger charge is -2.19. The monoisotopic (exact) mass is 225 g/mol. The Labute approximate surface area is 102 Å². The van der Waals surface area contributed by atoms with Gasteiger partial charge in [0.1, 0.15) is 0 Å². The summed E-state index contributed by atoms with van der Waals surface area (Å²) in [7, 11) is 0. The van der Waals surface area contributed by atoms with Crippen molar-refractivity contribution >= 4 is 6.21 Å². The lowest BCUT2D eigenvalue weighted by Crippen LogP contribution is -2.10. The summed E-state index contributed by atoms with van der Waals surface area (Å²) in [5.41, 5.74) is 3.41. The van der Waals surface area contributed by atoms with E-state index in [9.17, 15) is 0 Å². The average Bonchev–Trinajstić information content (AvgIpc) is 2.76. The summed E-state index contributed by atoms with van der Waals surface area (Å²) in [6, 6.07) is 10.4. The molecule has 0 spiro atoms. The summed E-state index contributed by atoms with van der Waals surface area (Å²) >= 11 is 0. The van der Waals surface area contributed by atoms with E-state index in [0.29, 0.717) is 0 Å². The molecule has 0 aliphatic heterocycles. The van der Waals surface area contributed by atoms with Crippen LogP contribution in [0.2, 0.25) is 0 Å². The third-order valence-electron chi connectivity index (χ3n) is 2.90. The fourth-order valence-corrected chi connectivity index (χ4v) is 1.78. The van der Waals surface area contributed by atoms with Gasteiger partial charge >= 0.3 is 0 Å². The van der Waals surface area contributed by atoms with Crippen LogP contribution in [0, 0.1) is 0 Å². The first-order valence-corrected chi connectivity index (χ1v) is 5.77. The molecule has 0 bridgehead atoms. The van der Waals surface area contributed by atoms with Gasteiger partial charge in [-0.2, -0.15) is 5.41 Å². The predicted octanol–water partition coefficient (Wildman–Crippen LogP) is 2.99. The Morgan fingerprint density at radius 1 is 1.06 bits per heavy atom. The molecule has 1 aromatic heterocycles. The maximum Gasteiger partial charge on any atom is 0.0583 e. The van der Waals surface area contributed by atoms with Crippen LogP contribution in [-0.4, -0.2) is 10.8 Å². The van der Waals surface area contributed by atoms with Crippen molar-refractivity contribution in [2.45, 2.75) is 26.2 Å². The van der Waals surface area contributed by atoms with Crippen molar-refractivity contribution in [3.8, 4) is 5.69 Å². The lowest BCUT2D eigenvalue weighted by atomic mass is 9.87. The Morgan fingerprint density at radius 3 is 2.18 bits per heavy atom. The number of hydrogen-bond acceptors (Lipinski definition) is 0. The van der Waals surface area contributed by atoms with E-state index in [-0.39, 0.29) is 5.41 Å². The molecule has 1 heterocycles. The maximum absolute atomic E-state index is 8.91. The summed E-state index contributed by atoms with van der Waals surface area (Å²) in [5.74, 6) is 0.